The lowest BCUT2D eigenvalue weighted by Gasteiger charge is -2.30. The maximum Gasteiger partial charge on any atom is 0.252 e. The Kier molecular flexibility index (Phi) is 6.46. The fraction of sp³-hybridized carbons (Fsp3) is 0.389. The monoisotopic (exact) mass is 412 g/mol. The molecule has 0 spiro atoms. The van der Waals surface area contributed by atoms with Crippen LogP contribution in [-0.4, -0.2) is 44.9 Å². The summed E-state index contributed by atoms with van der Waals surface area (Å²) in [5.74, 6) is -0.366. The Morgan fingerprint density at radius 1 is 1.30 bits per heavy atom. The highest BCUT2D eigenvalue weighted by molar-refractivity contribution is 7.91. The zero-order chi connectivity index (χ0) is 19.3. The molecule has 1 atom stereocenters. The van der Waals surface area contributed by atoms with E-state index in [2.05, 4.69) is 5.32 Å². The van der Waals surface area contributed by atoms with Crippen LogP contribution in [0.5, 0.6) is 5.75 Å². The van der Waals surface area contributed by atoms with Gasteiger partial charge in [0, 0.05) is 13.1 Å². The van der Waals surface area contributed by atoms with Gasteiger partial charge in [0.15, 0.2) is 0 Å². The van der Waals surface area contributed by atoms with Gasteiger partial charge in [0.1, 0.15) is 22.4 Å². The van der Waals surface area contributed by atoms with Crippen LogP contribution < -0.4 is 10.1 Å². The number of benzene rings is 1. The summed E-state index contributed by atoms with van der Waals surface area (Å²) in [6.07, 6.45) is 1.30. The van der Waals surface area contributed by atoms with E-state index < -0.39 is 10.0 Å². The van der Waals surface area contributed by atoms with E-state index in [-0.39, 0.29) is 30.8 Å². The van der Waals surface area contributed by atoms with Crippen molar-refractivity contribution in [3.8, 4) is 5.75 Å². The minimum atomic E-state index is -3.53. The van der Waals surface area contributed by atoms with Crippen LogP contribution in [0.4, 0.5) is 4.39 Å². The molecule has 1 aromatic carbocycles. The molecule has 146 valence electrons. The van der Waals surface area contributed by atoms with E-state index in [1.165, 1.54) is 39.9 Å². The molecule has 1 N–H and O–H groups in total. The highest BCUT2D eigenvalue weighted by Gasteiger charge is 2.33. The molecule has 2 aromatic rings. The third kappa shape index (κ3) is 5.06. The predicted octanol–water partition coefficient (Wildman–Crippen LogP) is 2.48. The standard InChI is InChI=1S/C18H21FN2O4S2/c19-15-5-7-16(8-6-15)25-11-9-20-18(22)14-3-1-10-21(13-14)27(23,24)17-4-2-12-26-17/h2,4-8,12,14H,1,3,9-11,13H2,(H,20,22). The first-order valence-corrected chi connectivity index (χ1v) is 11.0. The number of nitrogens with zero attached hydrogens (tertiary/aromatic N) is 1. The summed E-state index contributed by atoms with van der Waals surface area (Å²) in [5, 5.41) is 4.51. The van der Waals surface area contributed by atoms with Crippen molar-refractivity contribution in [1.82, 2.24) is 9.62 Å². The second-order valence-electron chi connectivity index (χ2n) is 6.23. The number of halogens is 1. The maximum absolute atomic E-state index is 12.8. The van der Waals surface area contributed by atoms with Gasteiger partial charge in [0.05, 0.1) is 12.5 Å². The fourth-order valence-electron chi connectivity index (χ4n) is 2.93. The molecule has 1 fully saturated rings. The molecule has 2 heterocycles. The van der Waals surface area contributed by atoms with Gasteiger partial charge < -0.3 is 10.1 Å². The summed E-state index contributed by atoms with van der Waals surface area (Å²) in [7, 11) is -3.53. The van der Waals surface area contributed by atoms with E-state index in [0.717, 1.165) is 0 Å². The van der Waals surface area contributed by atoms with Gasteiger partial charge in [-0.15, -0.1) is 11.3 Å². The molecule has 27 heavy (non-hydrogen) atoms. The van der Waals surface area contributed by atoms with Crippen LogP contribution in [-0.2, 0) is 14.8 Å². The van der Waals surface area contributed by atoms with Crippen LogP contribution >= 0.6 is 11.3 Å². The van der Waals surface area contributed by atoms with Crippen molar-refractivity contribution in [3.63, 3.8) is 0 Å². The zero-order valence-corrected chi connectivity index (χ0v) is 16.3. The highest BCUT2D eigenvalue weighted by Crippen LogP contribution is 2.26. The van der Waals surface area contributed by atoms with E-state index in [4.69, 9.17) is 4.74 Å². The average molecular weight is 413 g/mol. The number of piperidine rings is 1. The topological polar surface area (TPSA) is 75.7 Å². The van der Waals surface area contributed by atoms with Crippen LogP contribution in [0.2, 0.25) is 0 Å². The summed E-state index contributed by atoms with van der Waals surface area (Å²) >= 11 is 1.18. The first kappa shape index (κ1) is 19.8. The van der Waals surface area contributed by atoms with E-state index in [1.54, 1.807) is 17.5 Å². The largest absolute Gasteiger partial charge is 0.492 e. The number of carbonyl (C=O) groups excluding carboxylic acids is 1. The van der Waals surface area contributed by atoms with Gasteiger partial charge in [-0.3, -0.25) is 4.79 Å². The first-order valence-electron chi connectivity index (χ1n) is 8.66. The smallest absolute Gasteiger partial charge is 0.252 e. The minimum absolute atomic E-state index is 0.177. The Balaban J connectivity index is 1.47. The lowest BCUT2D eigenvalue weighted by Crippen LogP contribution is -2.45. The van der Waals surface area contributed by atoms with Gasteiger partial charge in [-0.1, -0.05) is 6.07 Å². The minimum Gasteiger partial charge on any atom is -0.492 e. The van der Waals surface area contributed by atoms with E-state index >= 15 is 0 Å². The molecule has 0 radical (unpaired) electrons. The second kappa shape index (κ2) is 8.81. The van der Waals surface area contributed by atoms with Gasteiger partial charge in [0.2, 0.25) is 5.91 Å². The Morgan fingerprint density at radius 2 is 2.07 bits per heavy atom. The van der Waals surface area contributed by atoms with Crippen molar-refractivity contribution in [3.05, 3.63) is 47.6 Å². The molecular weight excluding hydrogens is 391 g/mol. The van der Waals surface area contributed by atoms with Crippen molar-refractivity contribution in [2.45, 2.75) is 17.1 Å². The molecule has 0 aliphatic carbocycles. The Hall–Kier alpha value is -1.97. The van der Waals surface area contributed by atoms with Crippen LogP contribution in [0.25, 0.3) is 0 Å². The molecule has 1 aromatic heterocycles. The van der Waals surface area contributed by atoms with Crippen molar-refractivity contribution >= 4 is 27.3 Å². The Labute approximate surface area is 162 Å². The van der Waals surface area contributed by atoms with E-state index in [9.17, 15) is 17.6 Å². The van der Waals surface area contributed by atoms with Crippen molar-refractivity contribution in [1.29, 1.82) is 0 Å². The van der Waals surface area contributed by atoms with Gasteiger partial charge in [0.25, 0.3) is 10.0 Å². The molecule has 3 rings (SSSR count). The van der Waals surface area contributed by atoms with Crippen LogP contribution in [0.3, 0.4) is 0 Å². The first-order chi connectivity index (χ1) is 13.0. The molecule has 0 saturated carbocycles. The molecule has 6 nitrogen and oxygen atoms in total. The second-order valence-corrected chi connectivity index (χ2v) is 9.34. The van der Waals surface area contributed by atoms with Gasteiger partial charge in [-0.05, 0) is 48.6 Å². The third-order valence-electron chi connectivity index (χ3n) is 4.33. The number of hydrogen-bond donors (Lipinski definition) is 1. The van der Waals surface area contributed by atoms with E-state index in [1.807, 2.05) is 0 Å². The van der Waals surface area contributed by atoms with Crippen LogP contribution in [0.15, 0.2) is 46.0 Å². The predicted molar refractivity (Wildman–Crippen MR) is 101 cm³/mol. The molecule has 1 saturated heterocycles. The van der Waals surface area contributed by atoms with Gasteiger partial charge >= 0.3 is 0 Å². The van der Waals surface area contributed by atoms with Crippen molar-refractivity contribution < 1.29 is 22.3 Å². The highest BCUT2D eigenvalue weighted by atomic mass is 32.2. The lowest BCUT2D eigenvalue weighted by molar-refractivity contribution is -0.126. The molecule has 1 unspecified atom stereocenters. The number of nitrogens with one attached hydrogen (secondary N) is 1. The van der Waals surface area contributed by atoms with Crippen LogP contribution in [0, 0.1) is 11.7 Å². The summed E-state index contributed by atoms with van der Waals surface area (Å²) in [6.45, 7) is 1.16. The molecule has 1 amide bonds. The molecule has 0 bridgehead atoms. The lowest BCUT2D eigenvalue weighted by atomic mass is 9.99. The van der Waals surface area contributed by atoms with E-state index in [0.29, 0.717) is 35.9 Å². The SMILES string of the molecule is O=C(NCCOc1ccc(F)cc1)C1CCCN(S(=O)(=O)c2cccs2)C1. The normalized spacial score (nSPS) is 18.2. The number of thiophene rings is 1. The Bertz CT molecular complexity index is 854. The van der Waals surface area contributed by atoms with Crippen molar-refractivity contribution in [2.24, 2.45) is 5.92 Å². The summed E-state index contributed by atoms with van der Waals surface area (Å²) in [6, 6.07) is 8.93. The number of amides is 1. The zero-order valence-electron chi connectivity index (χ0n) is 14.6. The molecular formula is C18H21FN2O4S2. The fourth-order valence-corrected chi connectivity index (χ4v) is 5.60. The number of carbonyl (C=O) groups is 1. The number of ether oxygens (including phenoxy) is 1. The molecule has 1 aliphatic rings. The summed E-state index contributed by atoms with van der Waals surface area (Å²) in [5.41, 5.74) is 0. The maximum atomic E-state index is 12.8. The van der Waals surface area contributed by atoms with Crippen LogP contribution in [0.1, 0.15) is 12.8 Å². The van der Waals surface area contributed by atoms with Gasteiger partial charge in [-0.2, -0.15) is 4.31 Å². The number of sulfonamides is 1. The van der Waals surface area contributed by atoms with Gasteiger partial charge in [-0.25, -0.2) is 12.8 Å². The Morgan fingerprint density at radius 3 is 2.78 bits per heavy atom. The third-order valence-corrected chi connectivity index (χ3v) is 7.57. The number of rotatable bonds is 7. The average Bonchev–Trinajstić information content (AvgIpc) is 3.22. The summed E-state index contributed by atoms with van der Waals surface area (Å²) in [4.78, 5) is 12.4. The summed E-state index contributed by atoms with van der Waals surface area (Å²) < 4.78 is 45.2. The quantitative estimate of drug-likeness (QED) is 0.709. The molecule has 1 aliphatic heterocycles. The van der Waals surface area contributed by atoms with Crippen molar-refractivity contribution in [2.75, 3.05) is 26.2 Å². The molecule has 9 heteroatoms. The number of hydrogen-bond acceptors (Lipinski definition) is 5.